The molecule has 0 saturated carbocycles. The van der Waals surface area contributed by atoms with Gasteiger partial charge in [0, 0.05) is 23.7 Å². The summed E-state index contributed by atoms with van der Waals surface area (Å²) in [7, 11) is 0. The number of nitrogens with zero attached hydrogens (tertiary/aromatic N) is 4. The minimum absolute atomic E-state index is 0.174. The molecule has 6 nitrogen and oxygen atoms in total. The summed E-state index contributed by atoms with van der Waals surface area (Å²) in [5.41, 5.74) is 0.945. The average Bonchev–Trinajstić information content (AvgIpc) is 2.97. The Morgan fingerprint density at radius 2 is 1.95 bits per heavy atom. The van der Waals surface area contributed by atoms with Crippen LogP contribution in [0.25, 0.3) is 0 Å². The second-order valence-electron chi connectivity index (χ2n) is 4.75. The van der Waals surface area contributed by atoms with Crippen LogP contribution in [0.5, 0.6) is 0 Å². The zero-order valence-electron chi connectivity index (χ0n) is 11.6. The van der Waals surface area contributed by atoms with Crippen LogP contribution in [0, 0.1) is 0 Å². The Kier molecular flexibility index (Phi) is 4.29. The Bertz CT molecular complexity index is 811. The molecule has 0 aliphatic rings. The molecule has 0 unspecified atom stereocenters. The SMILES string of the molecule is O=c1cccnn1Cc1nc(CCc2ccc(Cl)cc2)no1. The monoisotopic (exact) mass is 316 g/mol. The number of benzene rings is 1. The molecule has 2 heterocycles. The van der Waals surface area contributed by atoms with E-state index in [4.69, 9.17) is 16.1 Å². The molecule has 0 radical (unpaired) electrons. The van der Waals surface area contributed by atoms with Crippen LogP contribution in [-0.4, -0.2) is 19.9 Å². The van der Waals surface area contributed by atoms with E-state index in [1.165, 1.54) is 10.7 Å². The second-order valence-corrected chi connectivity index (χ2v) is 5.19. The van der Waals surface area contributed by atoms with Crippen molar-refractivity contribution in [3.63, 3.8) is 0 Å². The third-order valence-corrected chi connectivity index (χ3v) is 3.38. The summed E-state index contributed by atoms with van der Waals surface area (Å²) in [4.78, 5) is 15.8. The minimum Gasteiger partial charge on any atom is -0.337 e. The predicted molar refractivity (Wildman–Crippen MR) is 80.8 cm³/mol. The molecule has 0 amide bonds. The first kappa shape index (κ1) is 14.5. The van der Waals surface area contributed by atoms with Crippen molar-refractivity contribution in [3.8, 4) is 0 Å². The summed E-state index contributed by atoms with van der Waals surface area (Å²) < 4.78 is 6.42. The maximum atomic E-state index is 11.6. The number of rotatable bonds is 5. The van der Waals surface area contributed by atoms with Gasteiger partial charge in [-0.3, -0.25) is 4.79 Å². The topological polar surface area (TPSA) is 73.8 Å². The molecule has 0 aliphatic heterocycles. The molecule has 0 spiro atoms. The van der Waals surface area contributed by atoms with Gasteiger partial charge in [-0.05, 0) is 30.2 Å². The van der Waals surface area contributed by atoms with Crippen molar-refractivity contribution in [1.29, 1.82) is 0 Å². The summed E-state index contributed by atoms with van der Waals surface area (Å²) >= 11 is 5.85. The van der Waals surface area contributed by atoms with Crippen LogP contribution in [0.15, 0.2) is 51.9 Å². The Labute approximate surface area is 131 Å². The first-order chi connectivity index (χ1) is 10.7. The van der Waals surface area contributed by atoms with Gasteiger partial charge in [0.15, 0.2) is 5.82 Å². The normalized spacial score (nSPS) is 10.8. The van der Waals surface area contributed by atoms with Crippen LogP contribution in [0.2, 0.25) is 5.02 Å². The van der Waals surface area contributed by atoms with Gasteiger partial charge in [0.25, 0.3) is 5.56 Å². The molecule has 0 fully saturated rings. The van der Waals surface area contributed by atoms with E-state index in [2.05, 4.69) is 15.2 Å². The Hall–Kier alpha value is -2.47. The van der Waals surface area contributed by atoms with Crippen molar-refractivity contribution in [3.05, 3.63) is 75.3 Å². The summed E-state index contributed by atoms with van der Waals surface area (Å²) in [5.74, 6) is 0.973. The van der Waals surface area contributed by atoms with Crippen LogP contribution < -0.4 is 5.56 Å². The van der Waals surface area contributed by atoms with E-state index in [0.717, 1.165) is 12.0 Å². The van der Waals surface area contributed by atoms with Gasteiger partial charge in [0.05, 0.1) is 0 Å². The van der Waals surface area contributed by atoms with Crippen molar-refractivity contribution in [2.24, 2.45) is 0 Å². The number of hydrogen-bond donors (Lipinski definition) is 0. The first-order valence-corrected chi connectivity index (χ1v) is 7.16. The van der Waals surface area contributed by atoms with Gasteiger partial charge in [-0.15, -0.1) is 0 Å². The molecule has 0 N–H and O–H groups in total. The van der Waals surface area contributed by atoms with Crippen LogP contribution in [0.4, 0.5) is 0 Å². The van der Waals surface area contributed by atoms with E-state index < -0.39 is 0 Å². The first-order valence-electron chi connectivity index (χ1n) is 6.79. The number of aryl methyl sites for hydroxylation is 2. The van der Waals surface area contributed by atoms with Gasteiger partial charge in [-0.25, -0.2) is 4.68 Å². The predicted octanol–water partition coefficient (Wildman–Crippen LogP) is 2.11. The van der Waals surface area contributed by atoms with Crippen molar-refractivity contribution in [2.45, 2.75) is 19.4 Å². The Morgan fingerprint density at radius 1 is 1.14 bits per heavy atom. The lowest BCUT2D eigenvalue weighted by molar-refractivity contribution is 0.358. The maximum Gasteiger partial charge on any atom is 0.267 e. The summed E-state index contributed by atoms with van der Waals surface area (Å²) in [6.07, 6.45) is 2.99. The van der Waals surface area contributed by atoms with Crippen molar-refractivity contribution in [1.82, 2.24) is 19.9 Å². The van der Waals surface area contributed by atoms with E-state index in [1.807, 2.05) is 24.3 Å². The molecule has 112 valence electrons. The largest absolute Gasteiger partial charge is 0.337 e. The van der Waals surface area contributed by atoms with Crippen molar-refractivity contribution in [2.75, 3.05) is 0 Å². The number of halogens is 1. The van der Waals surface area contributed by atoms with E-state index in [-0.39, 0.29) is 12.1 Å². The van der Waals surface area contributed by atoms with E-state index in [1.54, 1.807) is 12.3 Å². The molecule has 0 atom stereocenters. The highest BCUT2D eigenvalue weighted by molar-refractivity contribution is 6.30. The quantitative estimate of drug-likeness (QED) is 0.720. The number of aromatic nitrogens is 4. The molecule has 22 heavy (non-hydrogen) atoms. The molecule has 7 heteroatoms. The van der Waals surface area contributed by atoms with Crippen LogP contribution in [0.3, 0.4) is 0 Å². The van der Waals surface area contributed by atoms with Crippen LogP contribution in [-0.2, 0) is 19.4 Å². The lowest BCUT2D eigenvalue weighted by atomic mass is 10.1. The van der Waals surface area contributed by atoms with Gasteiger partial charge < -0.3 is 4.52 Å². The molecular formula is C15H13ClN4O2. The molecule has 0 bridgehead atoms. The minimum atomic E-state index is -0.205. The fraction of sp³-hybridized carbons (Fsp3) is 0.200. The second kappa shape index (κ2) is 6.53. The molecule has 1 aromatic carbocycles. The molecule has 0 aliphatic carbocycles. The highest BCUT2D eigenvalue weighted by Crippen LogP contribution is 2.11. The van der Waals surface area contributed by atoms with Crippen LogP contribution >= 0.6 is 11.6 Å². The summed E-state index contributed by atoms with van der Waals surface area (Å²) in [6.45, 7) is 0.174. The highest BCUT2D eigenvalue weighted by atomic mass is 35.5. The fourth-order valence-corrected chi connectivity index (χ4v) is 2.12. The van der Waals surface area contributed by atoms with E-state index in [0.29, 0.717) is 23.2 Å². The van der Waals surface area contributed by atoms with Crippen molar-refractivity contribution < 1.29 is 4.52 Å². The van der Waals surface area contributed by atoms with E-state index >= 15 is 0 Å². The smallest absolute Gasteiger partial charge is 0.267 e. The molecule has 3 rings (SSSR count). The van der Waals surface area contributed by atoms with Gasteiger partial charge in [0.2, 0.25) is 5.89 Å². The van der Waals surface area contributed by atoms with Gasteiger partial charge in [0.1, 0.15) is 6.54 Å². The summed E-state index contributed by atoms with van der Waals surface area (Å²) in [6, 6.07) is 10.7. The van der Waals surface area contributed by atoms with Crippen molar-refractivity contribution >= 4 is 11.6 Å². The lowest BCUT2D eigenvalue weighted by Gasteiger charge is -1.98. The van der Waals surface area contributed by atoms with Gasteiger partial charge >= 0.3 is 0 Å². The maximum absolute atomic E-state index is 11.6. The Balaban J connectivity index is 1.63. The lowest BCUT2D eigenvalue weighted by Crippen LogP contribution is -2.21. The third-order valence-electron chi connectivity index (χ3n) is 3.13. The standard InChI is InChI=1S/C15H13ClN4O2/c16-12-6-3-11(4-7-12)5-8-13-18-14(22-19-13)10-20-15(21)2-1-9-17-20/h1-4,6-7,9H,5,8,10H2. The summed E-state index contributed by atoms with van der Waals surface area (Å²) in [5, 5.41) is 8.58. The van der Waals surface area contributed by atoms with Gasteiger partial charge in [-0.1, -0.05) is 28.9 Å². The highest BCUT2D eigenvalue weighted by Gasteiger charge is 2.08. The molecular weight excluding hydrogens is 304 g/mol. The third kappa shape index (κ3) is 3.59. The van der Waals surface area contributed by atoms with E-state index in [9.17, 15) is 4.79 Å². The van der Waals surface area contributed by atoms with Gasteiger partial charge in [-0.2, -0.15) is 10.1 Å². The average molecular weight is 317 g/mol. The molecule has 0 saturated heterocycles. The van der Waals surface area contributed by atoms with Crippen LogP contribution in [0.1, 0.15) is 17.3 Å². The number of hydrogen-bond acceptors (Lipinski definition) is 5. The molecule has 2 aromatic heterocycles. The Morgan fingerprint density at radius 3 is 2.73 bits per heavy atom. The molecule has 3 aromatic rings. The zero-order valence-corrected chi connectivity index (χ0v) is 12.4. The fourth-order valence-electron chi connectivity index (χ4n) is 2.00. The zero-order chi connectivity index (χ0) is 15.4.